The first-order chi connectivity index (χ1) is 11.2. The molecule has 1 saturated heterocycles. The van der Waals surface area contributed by atoms with Crippen LogP contribution in [0.4, 0.5) is 5.69 Å². The largest absolute Gasteiger partial charge is 0.508 e. The smallest absolute Gasteiger partial charge is 0.194 e. The molecule has 1 atom stereocenters. The van der Waals surface area contributed by atoms with Gasteiger partial charge in [0.05, 0.1) is 0 Å². The number of nitrogens with one attached hydrogen (secondary N) is 1. The number of carbonyl (C=O) groups excluding carboxylic acids is 1. The number of benzene rings is 2. The van der Waals surface area contributed by atoms with Gasteiger partial charge in [-0.05, 0) is 53.2 Å². The second kappa shape index (κ2) is 4.38. The van der Waals surface area contributed by atoms with E-state index in [1.807, 2.05) is 18.2 Å². The molecule has 0 saturated carbocycles. The Labute approximate surface area is 134 Å². The third-order valence-electron chi connectivity index (χ3n) is 5.14. The van der Waals surface area contributed by atoms with E-state index < -0.39 is 0 Å². The quantitative estimate of drug-likeness (QED) is 0.725. The van der Waals surface area contributed by atoms with Gasteiger partial charge in [-0.1, -0.05) is 6.07 Å². The summed E-state index contributed by atoms with van der Waals surface area (Å²) in [6.45, 7) is 2.94. The third kappa shape index (κ3) is 1.75. The van der Waals surface area contributed by atoms with Gasteiger partial charge in [0.15, 0.2) is 5.78 Å². The van der Waals surface area contributed by atoms with Crippen LogP contribution in [0.15, 0.2) is 48.2 Å². The van der Waals surface area contributed by atoms with Crippen molar-refractivity contribution in [3.63, 3.8) is 0 Å². The number of phenols is 1. The van der Waals surface area contributed by atoms with Gasteiger partial charge in [0.1, 0.15) is 5.75 Å². The molecule has 4 heteroatoms. The van der Waals surface area contributed by atoms with Crippen LogP contribution in [-0.4, -0.2) is 30.5 Å². The summed E-state index contributed by atoms with van der Waals surface area (Å²) in [6, 6.07) is 11.2. The first kappa shape index (κ1) is 12.8. The van der Waals surface area contributed by atoms with Gasteiger partial charge in [0.2, 0.25) is 0 Å². The molecule has 1 aliphatic carbocycles. The summed E-state index contributed by atoms with van der Waals surface area (Å²) in [5, 5.41) is 12.9. The second-order valence-electron chi connectivity index (χ2n) is 6.49. The topological polar surface area (TPSA) is 52.6 Å². The molecule has 2 aromatic rings. The van der Waals surface area contributed by atoms with E-state index in [-0.39, 0.29) is 11.5 Å². The zero-order valence-corrected chi connectivity index (χ0v) is 12.5. The highest BCUT2D eigenvalue weighted by atomic mass is 16.3. The van der Waals surface area contributed by atoms with Gasteiger partial charge >= 0.3 is 0 Å². The average Bonchev–Trinajstić information content (AvgIpc) is 3.21. The molecule has 2 aromatic carbocycles. The van der Waals surface area contributed by atoms with Gasteiger partial charge in [-0.25, -0.2) is 0 Å². The minimum atomic E-state index is 0.00743. The maximum absolute atomic E-state index is 12.7. The molecular weight excluding hydrogens is 288 g/mol. The van der Waals surface area contributed by atoms with E-state index >= 15 is 0 Å². The fourth-order valence-corrected chi connectivity index (χ4v) is 3.94. The fourth-order valence-electron chi connectivity index (χ4n) is 3.94. The molecule has 0 spiro atoms. The van der Waals surface area contributed by atoms with Crippen LogP contribution < -0.4 is 10.2 Å². The molecule has 0 amide bonds. The Morgan fingerprint density at radius 2 is 1.83 bits per heavy atom. The molecule has 2 heterocycles. The number of aromatic hydroxyl groups is 1. The lowest BCUT2D eigenvalue weighted by Gasteiger charge is -2.19. The maximum atomic E-state index is 12.7. The van der Waals surface area contributed by atoms with Gasteiger partial charge in [0, 0.05) is 42.4 Å². The second-order valence-corrected chi connectivity index (χ2v) is 6.49. The Morgan fingerprint density at radius 3 is 2.65 bits per heavy atom. The Morgan fingerprint density at radius 1 is 1.04 bits per heavy atom. The highest BCUT2D eigenvalue weighted by Crippen LogP contribution is 2.40. The van der Waals surface area contributed by atoms with Crippen molar-refractivity contribution in [1.82, 2.24) is 5.32 Å². The number of anilines is 1. The highest BCUT2D eigenvalue weighted by molar-refractivity contribution is 6.22. The van der Waals surface area contributed by atoms with Crippen molar-refractivity contribution in [2.45, 2.75) is 0 Å². The highest BCUT2D eigenvalue weighted by Gasteiger charge is 2.32. The number of hydrogen-bond acceptors (Lipinski definition) is 4. The number of fused-ring (bicyclic) bond motifs is 4. The van der Waals surface area contributed by atoms with Crippen LogP contribution >= 0.6 is 0 Å². The van der Waals surface area contributed by atoms with Crippen LogP contribution in [0.3, 0.4) is 0 Å². The summed E-state index contributed by atoms with van der Waals surface area (Å²) < 4.78 is 0. The molecule has 114 valence electrons. The lowest BCUT2D eigenvalue weighted by molar-refractivity contribution is 0.104. The number of phenolic OH excluding ortho intramolecular Hbond substituents is 1. The predicted molar refractivity (Wildman–Crippen MR) is 88.8 cm³/mol. The van der Waals surface area contributed by atoms with E-state index in [1.54, 1.807) is 12.1 Å². The molecule has 0 aromatic heterocycles. The number of carbonyl (C=O) groups is 1. The van der Waals surface area contributed by atoms with Crippen LogP contribution in [0.25, 0.3) is 11.1 Å². The number of hydrogen-bond donors (Lipinski definition) is 2. The zero-order valence-electron chi connectivity index (χ0n) is 12.5. The van der Waals surface area contributed by atoms with Gasteiger partial charge in [0.25, 0.3) is 0 Å². The van der Waals surface area contributed by atoms with E-state index in [9.17, 15) is 9.90 Å². The molecule has 4 nitrogen and oxygen atoms in total. The molecular formula is C19H16N2O2. The van der Waals surface area contributed by atoms with Crippen molar-refractivity contribution in [3.8, 4) is 16.9 Å². The lowest BCUT2D eigenvalue weighted by Crippen LogP contribution is -2.23. The summed E-state index contributed by atoms with van der Waals surface area (Å²) in [6.07, 6.45) is 2.13. The van der Waals surface area contributed by atoms with Gasteiger partial charge in [-0.2, -0.15) is 0 Å². The third-order valence-corrected chi connectivity index (χ3v) is 5.14. The fraction of sp³-hybridized carbons (Fsp3) is 0.211. The molecule has 2 N–H and O–H groups in total. The van der Waals surface area contributed by atoms with E-state index in [4.69, 9.17) is 0 Å². The molecule has 5 rings (SSSR count). The lowest BCUT2D eigenvalue weighted by atomic mass is 10.1. The summed E-state index contributed by atoms with van der Waals surface area (Å²) in [4.78, 5) is 15.0. The molecule has 0 radical (unpaired) electrons. The van der Waals surface area contributed by atoms with Crippen molar-refractivity contribution < 1.29 is 9.90 Å². The Balaban J connectivity index is 1.55. The SMILES string of the molecule is O=C1c2cc(O)ccc2-c2ccc(N3CC4=CNCC4C3)cc21. The van der Waals surface area contributed by atoms with Crippen molar-refractivity contribution in [3.05, 3.63) is 59.3 Å². The molecule has 23 heavy (non-hydrogen) atoms. The van der Waals surface area contributed by atoms with E-state index in [2.05, 4.69) is 22.5 Å². The first-order valence-corrected chi connectivity index (χ1v) is 7.90. The number of rotatable bonds is 1. The van der Waals surface area contributed by atoms with Gasteiger partial charge in [-0.3, -0.25) is 4.79 Å². The Hall–Kier alpha value is -2.75. The zero-order chi connectivity index (χ0) is 15.6. The van der Waals surface area contributed by atoms with Crippen LogP contribution in [0, 0.1) is 5.92 Å². The minimum Gasteiger partial charge on any atom is -0.508 e. The van der Waals surface area contributed by atoms with Crippen molar-refractivity contribution >= 4 is 11.5 Å². The summed E-state index contributed by atoms with van der Waals surface area (Å²) >= 11 is 0. The summed E-state index contributed by atoms with van der Waals surface area (Å²) in [5.74, 6) is 0.734. The Kier molecular flexibility index (Phi) is 2.43. The van der Waals surface area contributed by atoms with E-state index in [1.165, 1.54) is 5.57 Å². The normalized spacial score (nSPS) is 20.9. The number of ketones is 1. The Bertz CT molecular complexity index is 885. The molecule has 1 unspecified atom stereocenters. The van der Waals surface area contributed by atoms with Gasteiger partial charge in [-0.15, -0.1) is 0 Å². The summed E-state index contributed by atoms with van der Waals surface area (Å²) in [5.41, 5.74) is 5.78. The number of nitrogens with zero attached hydrogens (tertiary/aromatic N) is 1. The maximum Gasteiger partial charge on any atom is 0.194 e. The monoisotopic (exact) mass is 304 g/mol. The van der Waals surface area contributed by atoms with E-state index in [0.717, 1.165) is 42.0 Å². The molecule has 2 aliphatic heterocycles. The van der Waals surface area contributed by atoms with Crippen molar-refractivity contribution in [2.24, 2.45) is 5.92 Å². The first-order valence-electron chi connectivity index (χ1n) is 7.90. The molecule has 0 bridgehead atoms. The average molecular weight is 304 g/mol. The van der Waals surface area contributed by atoms with Crippen molar-refractivity contribution in [1.29, 1.82) is 0 Å². The minimum absolute atomic E-state index is 0.00743. The van der Waals surface area contributed by atoms with E-state index in [0.29, 0.717) is 11.5 Å². The molecule has 3 aliphatic rings. The van der Waals surface area contributed by atoms with Gasteiger partial charge < -0.3 is 15.3 Å². The van der Waals surface area contributed by atoms with Crippen LogP contribution in [0.5, 0.6) is 5.75 Å². The van der Waals surface area contributed by atoms with Crippen LogP contribution in [0.2, 0.25) is 0 Å². The van der Waals surface area contributed by atoms with Crippen molar-refractivity contribution in [2.75, 3.05) is 24.5 Å². The molecule has 1 fully saturated rings. The van der Waals surface area contributed by atoms with Crippen LogP contribution in [-0.2, 0) is 0 Å². The van der Waals surface area contributed by atoms with Crippen LogP contribution in [0.1, 0.15) is 15.9 Å². The standard InChI is InChI=1S/C19H16N2O2/c22-14-2-4-16-15-3-1-13(5-17(15)19(23)18(16)6-14)21-9-11-7-20-8-12(11)10-21/h1-7,12,20,22H,8-10H2. The summed E-state index contributed by atoms with van der Waals surface area (Å²) in [7, 11) is 0. The predicted octanol–water partition coefficient (Wildman–Crippen LogP) is 2.53.